The summed E-state index contributed by atoms with van der Waals surface area (Å²) in [5.74, 6) is -0.0471. The van der Waals surface area contributed by atoms with E-state index in [2.05, 4.69) is 20.2 Å². The number of fused-ring (bicyclic) bond motifs is 3. The summed E-state index contributed by atoms with van der Waals surface area (Å²) in [7, 11) is 0. The number of nitrogens with zero attached hydrogens (tertiary/aromatic N) is 6. The third kappa shape index (κ3) is 1.78. The summed E-state index contributed by atoms with van der Waals surface area (Å²) >= 11 is 0. The van der Waals surface area contributed by atoms with E-state index in [9.17, 15) is 4.79 Å². The Kier molecular flexibility index (Phi) is 2.40. The van der Waals surface area contributed by atoms with Gasteiger partial charge in [-0.1, -0.05) is 0 Å². The van der Waals surface area contributed by atoms with Crippen LogP contribution in [0.3, 0.4) is 0 Å². The Morgan fingerprint density at radius 1 is 1.36 bits per heavy atom. The van der Waals surface area contributed by atoms with Gasteiger partial charge in [0.05, 0.1) is 11.6 Å². The highest BCUT2D eigenvalue weighted by Gasteiger charge is 2.17. The van der Waals surface area contributed by atoms with Crippen LogP contribution in [0, 0.1) is 0 Å². The molecule has 0 aliphatic carbocycles. The van der Waals surface area contributed by atoms with Crippen molar-refractivity contribution < 1.29 is 14.3 Å². The van der Waals surface area contributed by atoms with Gasteiger partial charge >= 0.3 is 5.97 Å². The molecule has 10 heteroatoms. The molecule has 0 saturated carbocycles. The minimum absolute atomic E-state index is 0.105. The second-order valence-electron chi connectivity index (χ2n) is 4.58. The van der Waals surface area contributed by atoms with Crippen molar-refractivity contribution in [1.82, 2.24) is 29.4 Å². The zero-order valence-electron chi connectivity index (χ0n) is 11.0. The van der Waals surface area contributed by atoms with Crippen LogP contribution >= 0.6 is 0 Å². The standard InChI is InChI=1S/C12H9N7O3/c13-12-15-9-6(4-18(16-9)5-8(20)21)11-14-10(17-19(11)12)7-2-1-3-22-7/h1-4H,5H2,(H,20,21)(H2,13,15,16). The van der Waals surface area contributed by atoms with E-state index in [0.717, 1.165) is 0 Å². The average Bonchev–Trinajstić information content (AvgIpc) is 3.15. The quantitative estimate of drug-likeness (QED) is 0.554. The van der Waals surface area contributed by atoms with Gasteiger partial charge in [-0.3, -0.25) is 9.48 Å². The number of hydrogen-bond donors (Lipinski definition) is 2. The highest BCUT2D eigenvalue weighted by Crippen LogP contribution is 2.22. The number of carboxylic acid groups (broad SMARTS) is 1. The summed E-state index contributed by atoms with van der Waals surface area (Å²) in [6.07, 6.45) is 3.06. The molecule has 0 fully saturated rings. The molecule has 0 amide bonds. The maximum Gasteiger partial charge on any atom is 0.325 e. The van der Waals surface area contributed by atoms with Crippen LogP contribution in [-0.2, 0) is 11.3 Å². The molecule has 110 valence electrons. The number of aromatic nitrogens is 6. The zero-order chi connectivity index (χ0) is 15.3. The third-order valence-corrected chi connectivity index (χ3v) is 3.07. The van der Waals surface area contributed by atoms with Gasteiger partial charge in [-0.05, 0) is 12.1 Å². The van der Waals surface area contributed by atoms with Crippen LogP contribution in [0.2, 0.25) is 0 Å². The van der Waals surface area contributed by atoms with Crippen molar-refractivity contribution in [3.63, 3.8) is 0 Å². The van der Waals surface area contributed by atoms with Crippen molar-refractivity contribution >= 4 is 28.6 Å². The van der Waals surface area contributed by atoms with E-state index in [1.165, 1.54) is 15.5 Å². The van der Waals surface area contributed by atoms with Crippen molar-refractivity contribution in [2.45, 2.75) is 6.54 Å². The second kappa shape index (κ2) is 4.28. The number of hydrogen-bond acceptors (Lipinski definition) is 7. The zero-order valence-corrected chi connectivity index (χ0v) is 11.0. The number of nitrogen functional groups attached to an aromatic ring is 1. The van der Waals surface area contributed by atoms with Gasteiger partial charge in [-0.25, -0.2) is 4.98 Å². The van der Waals surface area contributed by atoms with Crippen LogP contribution in [-0.4, -0.2) is 40.4 Å². The number of aliphatic carboxylic acids is 1. The Balaban J connectivity index is 1.97. The Hall–Kier alpha value is -3.43. The molecule has 22 heavy (non-hydrogen) atoms. The number of carbonyl (C=O) groups is 1. The van der Waals surface area contributed by atoms with E-state index in [1.807, 2.05) is 0 Å². The first-order valence-corrected chi connectivity index (χ1v) is 6.27. The number of carboxylic acids is 1. The Morgan fingerprint density at radius 3 is 2.95 bits per heavy atom. The summed E-state index contributed by atoms with van der Waals surface area (Å²) in [5, 5.41) is 17.7. The maximum absolute atomic E-state index is 10.8. The number of furan rings is 1. The fraction of sp³-hybridized carbons (Fsp3) is 0.0833. The SMILES string of the molecule is Nc1nc2nn(CC(=O)O)cc2c2nc(-c3ccco3)nn12. The molecular weight excluding hydrogens is 290 g/mol. The first kappa shape index (κ1) is 12.3. The molecule has 10 nitrogen and oxygen atoms in total. The highest BCUT2D eigenvalue weighted by atomic mass is 16.4. The van der Waals surface area contributed by atoms with Gasteiger partial charge in [-0.2, -0.15) is 14.6 Å². The van der Waals surface area contributed by atoms with Gasteiger partial charge in [0.15, 0.2) is 17.1 Å². The molecule has 0 aromatic carbocycles. The minimum Gasteiger partial charge on any atom is -0.480 e. The van der Waals surface area contributed by atoms with Gasteiger partial charge in [0.2, 0.25) is 11.8 Å². The lowest BCUT2D eigenvalue weighted by atomic mass is 10.4. The summed E-state index contributed by atoms with van der Waals surface area (Å²) in [6, 6.07) is 3.45. The van der Waals surface area contributed by atoms with Gasteiger partial charge < -0.3 is 15.3 Å². The van der Waals surface area contributed by atoms with Crippen molar-refractivity contribution in [2.24, 2.45) is 0 Å². The molecule has 0 unspecified atom stereocenters. The lowest BCUT2D eigenvalue weighted by Crippen LogP contribution is -2.08. The van der Waals surface area contributed by atoms with Crippen molar-refractivity contribution in [3.8, 4) is 11.6 Å². The predicted octanol–water partition coefficient (Wildman–Crippen LogP) is 0.401. The predicted molar refractivity (Wildman–Crippen MR) is 73.8 cm³/mol. The van der Waals surface area contributed by atoms with Crippen LogP contribution in [0.15, 0.2) is 29.0 Å². The molecule has 4 heterocycles. The number of nitrogens with two attached hydrogens (primary N) is 1. The molecule has 0 aliphatic heterocycles. The Labute approximate surface area is 121 Å². The molecule has 0 radical (unpaired) electrons. The molecule has 0 spiro atoms. The van der Waals surface area contributed by atoms with E-state index in [4.69, 9.17) is 15.3 Å². The molecule has 3 N–H and O–H groups in total. The van der Waals surface area contributed by atoms with Gasteiger partial charge in [0, 0.05) is 6.20 Å². The Bertz CT molecular complexity index is 999. The molecule has 0 saturated heterocycles. The van der Waals surface area contributed by atoms with Crippen molar-refractivity contribution in [2.75, 3.05) is 5.73 Å². The normalized spacial score (nSPS) is 11.5. The first-order chi connectivity index (χ1) is 10.6. The first-order valence-electron chi connectivity index (χ1n) is 6.27. The molecular formula is C12H9N7O3. The van der Waals surface area contributed by atoms with E-state index in [1.54, 1.807) is 18.3 Å². The lowest BCUT2D eigenvalue weighted by Gasteiger charge is -1.95. The van der Waals surface area contributed by atoms with Gasteiger partial charge in [0.1, 0.15) is 6.54 Å². The highest BCUT2D eigenvalue weighted by molar-refractivity contribution is 5.90. The van der Waals surface area contributed by atoms with Crippen LogP contribution in [0.25, 0.3) is 28.3 Å². The molecule has 0 aliphatic rings. The monoisotopic (exact) mass is 299 g/mol. The van der Waals surface area contributed by atoms with Crippen LogP contribution in [0.4, 0.5) is 5.95 Å². The van der Waals surface area contributed by atoms with E-state index >= 15 is 0 Å². The van der Waals surface area contributed by atoms with Gasteiger partial charge in [-0.15, -0.1) is 5.10 Å². The van der Waals surface area contributed by atoms with Crippen LogP contribution in [0.1, 0.15) is 0 Å². The summed E-state index contributed by atoms with van der Waals surface area (Å²) in [4.78, 5) is 19.3. The molecule has 4 rings (SSSR count). The lowest BCUT2D eigenvalue weighted by molar-refractivity contribution is -0.137. The number of anilines is 1. The number of rotatable bonds is 3. The average molecular weight is 299 g/mol. The summed E-state index contributed by atoms with van der Waals surface area (Å²) in [6.45, 7) is -0.276. The molecule has 0 bridgehead atoms. The molecule has 4 aromatic heterocycles. The summed E-state index contributed by atoms with van der Waals surface area (Å²) < 4.78 is 7.89. The van der Waals surface area contributed by atoms with Gasteiger partial charge in [0.25, 0.3) is 0 Å². The summed E-state index contributed by atoms with van der Waals surface area (Å²) in [5.41, 5.74) is 6.60. The topological polar surface area (TPSA) is 137 Å². The maximum atomic E-state index is 10.8. The molecule has 4 aromatic rings. The van der Waals surface area contributed by atoms with Crippen molar-refractivity contribution in [1.29, 1.82) is 0 Å². The fourth-order valence-electron chi connectivity index (χ4n) is 2.18. The van der Waals surface area contributed by atoms with Crippen molar-refractivity contribution in [3.05, 3.63) is 24.6 Å². The third-order valence-electron chi connectivity index (χ3n) is 3.07. The second-order valence-corrected chi connectivity index (χ2v) is 4.58. The van der Waals surface area contributed by atoms with E-state index < -0.39 is 5.97 Å². The minimum atomic E-state index is -1.01. The molecule has 0 atom stereocenters. The Morgan fingerprint density at radius 2 is 2.23 bits per heavy atom. The van der Waals surface area contributed by atoms with E-state index in [0.29, 0.717) is 28.3 Å². The largest absolute Gasteiger partial charge is 0.480 e. The van der Waals surface area contributed by atoms with Crippen LogP contribution < -0.4 is 5.73 Å². The fourth-order valence-corrected chi connectivity index (χ4v) is 2.18. The van der Waals surface area contributed by atoms with Crippen LogP contribution in [0.5, 0.6) is 0 Å². The van der Waals surface area contributed by atoms with E-state index in [-0.39, 0.29) is 12.5 Å². The smallest absolute Gasteiger partial charge is 0.325 e.